The van der Waals surface area contributed by atoms with Gasteiger partial charge < -0.3 is 18.9 Å². The first-order valence-corrected chi connectivity index (χ1v) is 9.97. The second kappa shape index (κ2) is 8.26. The summed E-state index contributed by atoms with van der Waals surface area (Å²) in [6.45, 7) is 5.73. The predicted molar refractivity (Wildman–Crippen MR) is 94.1 cm³/mol. The number of rotatable bonds is 8. The van der Waals surface area contributed by atoms with Gasteiger partial charge in [0.2, 0.25) is 0 Å². The first-order chi connectivity index (χ1) is 12.5. The number of carbonyl (C=O) groups is 2. The minimum absolute atomic E-state index is 0.0724. The third kappa shape index (κ3) is 3.63. The molecule has 3 rings (SSSR count). The van der Waals surface area contributed by atoms with Crippen molar-refractivity contribution in [1.82, 2.24) is 0 Å². The molecule has 0 spiro atoms. The van der Waals surface area contributed by atoms with Gasteiger partial charge >= 0.3 is 11.9 Å². The highest BCUT2D eigenvalue weighted by Gasteiger charge is 2.62. The van der Waals surface area contributed by atoms with Crippen LogP contribution in [0.15, 0.2) is 0 Å². The molecule has 6 heteroatoms. The van der Waals surface area contributed by atoms with Crippen molar-refractivity contribution in [2.75, 3.05) is 13.9 Å². The van der Waals surface area contributed by atoms with Crippen LogP contribution in [0.3, 0.4) is 0 Å². The lowest BCUT2D eigenvalue weighted by atomic mass is 9.69. The van der Waals surface area contributed by atoms with Crippen molar-refractivity contribution in [1.29, 1.82) is 0 Å². The van der Waals surface area contributed by atoms with Crippen LogP contribution in [-0.4, -0.2) is 44.2 Å². The molecule has 0 aromatic carbocycles. The molecule has 2 aliphatic carbocycles. The highest BCUT2D eigenvalue weighted by Crippen LogP contribution is 2.63. The number of esters is 2. The van der Waals surface area contributed by atoms with Crippen molar-refractivity contribution >= 4 is 11.9 Å². The minimum atomic E-state index is -0.411. The van der Waals surface area contributed by atoms with Gasteiger partial charge in [-0.2, -0.15) is 0 Å². The number of fused-ring (bicyclic) bond motifs is 5. The van der Waals surface area contributed by atoms with Crippen molar-refractivity contribution in [3.8, 4) is 0 Å². The topological polar surface area (TPSA) is 71.1 Å². The lowest BCUT2D eigenvalue weighted by molar-refractivity contribution is -0.163. The maximum absolute atomic E-state index is 12.1. The molecule has 26 heavy (non-hydrogen) atoms. The fraction of sp³-hybridized carbons (Fsp3) is 0.900. The van der Waals surface area contributed by atoms with E-state index in [1.54, 1.807) is 0 Å². The van der Waals surface area contributed by atoms with Crippen molar-refractivity contribution < 1.29 is 28.5 Å². The standard InChI is InChI=1S/C20H32O6/c1-5-15-19-12-7-13(14(8-12)20(19)16(6-2)26-15)17(25-11(3)21)9-18(22)24-10-23-4/h12-17,19-20H,5-10H2,1-4H3. The molecule has 1 saturated heterocycles. The van der Waals surface area contributed by atoms with Gasteiger partial charge in [0.1, 0.15) is 6.10 Å². The fourth-order valence-electron chi connectivity index (χ4n) is 5.99. The van der Waals surface area contributed by atoms with Gasteiger partial charge in [0, 0.05) is 20.0 Å². The van der Waals surface area contributed by atoms with E-state index in [1.807, 2.05) is 0 Å². The van der Waals surface area contributed by atoms with Gasteiger partial charge in [0.05, 0.1) is 18.6 Å². The van der Waals surface area contributed by atoms with Crippen LogP contribution in [0.4, 0.5) is 0 Å². The van der Waals surface area contributed by atoms with E-state index in [1.165, 1.54) is 20.5 Å². The number of carbonyl (C=O) groups excluding carboxylic acids is 2. The normalized spacial score (nSPS) is 38.8. The van der Waals surface area contributed by atoms with Gasteiger partial charge in [-0.3, -0.25) is 9.59 Å². The molecule has 2 bridgehead atoms. The van der Waals surface area contributed by atoms with E-state index in [0.717, 1.165) is 19.3 Å². The molecule has 1 aliphatic heterocycles. The molecule has 2 saturated carbocycles. The highest BCUT2D eigenvalue weighted by atomic mass is 16.7. The number of hydrogen-bond donors (Lipinski definition) is 0. The highest BCUT2D eigenvalue weighted by molar-refractivity contribution is 5.71. The van der Waals surface area contributed by atoms with Crippen molar-refractivity contribution in [2.45, 2.75) is 71.2 Å². The van der Waals surface area contributed by atoms with Crippen LogP contribution in [-0.2, 0) is 28.5 Å². The average molecular weight is 368 g/mol. The zero-order valence-electron chi connectivity index (χ0n) is 16.3. The molecule has 8 unspecified atom stereocenters. The van der Waals surface area contributed by atoms with Crippen LogP contribution < -0.4 is 0 Å². The Labute approximate surface area is 155 Å². The summed E-state index contributed by atoms with van der Waals surface area (Å²) in [5.41, 5.74) is 0. The summed E-state index contributed by atoms with van der Waals surface area (Å²) >= 11 is 0. The zero-order chi connectivity index (χ0) is 18.8. The number of hydrogen-bond acceptors (Lipinski definition) is 6. The Balaban J connectivity index is 1.73. The lowest BCUT2D eigenvalue weighted by Crippen LogP contribution is -2.40. The second-order valence-electron chi connectivity index (χ2n) is 8.02. The molecule has 6 nitrogen and oxygen atoms in total. The monoisotopic (exact) mass is 368 g/mol. The molecular weight excluding hydrogens is 336 g/mol. The van der Waals surface area contributed by atoms with E-state index in [2.05, 4.69) is 13.8 Å². The van der Waals surface area contributed by atoms with Crippen molar-refractivity contribution in [3.63, 3.8) is 0 Å². The molecule has 148 valence electrons. The molecule has 1 heterocycles. The Morgan fingerprint density at radius 2 is 1.81 bits per heavy atom. The SMILES string of the molecule is CCC1OC(CC)C2C3CC(CC3C(CC(=O)OCOC)OC(C)=O)C12. The summed E-state index contributed by atoms with van der Waals surface area (Å²) in [5.74, 6) is 1.74. The Bertz CT molecular complexity index is 520. The fourth-order valence-corrected chi connectivity index (χ4v) is 5.99. The minimum Gasteiger partial charge on any atom is -0.462 e. The zero-order valence-corrected chi connectivity index (χ0v) is 16.3. The van der Waals surface area contributed by atoms with Gasteiger partial charge in [-0.1, -0.05) is 13.8 Å². The van der Waals surface area contributed by atoms with Gasteiger partial charge in [0.15, 0.2) is 6.79 Å². The molecular formula is C20H32O6. The molecule has 0 N–H and O–H groups in total. The van der Waals surface area contributed by atoms with E-state index in [0.29, 0.717) is 35.9 Å². The molecule has 0 aromatic heterocycles. The van der Waals surface area contributed by atoms with Crippen LogP contribution in [0.25, 0.3) is 0 Å². The predicted octanol–water partition coefficient (Wildman–Crippen LogP) is 2.93. The van der Waals surface area contributed by atoms with Crippen molar-refractivity contribution in [2.24, 2.45) is 29.6 Å². The summed E-state index contributed by atoms with van der Waals surface area (Å²) in [6, 6.07) is 0. The van der Waals surface area contributed by atoms with Gasteiger partial charge in [-0.15, -0.1) is 0 Å². The lowest BCUT2D eigenvalue weighted by Gasteiger charge is -2.37. The second-order valence-corrected chi connectivity index (χ2v) is 8.02. The molecule has 0 radical (unpaired) electrons. The first-order valence-electron chi connectivity index (χ1n) is 9.97. The summed E-state index contributed by atoms with van der Waals surface area (Å²) in [7, 11) is 1.47. The van der Waals surface area contributed by atoms with E-state index in [9.17, 15) is 9.59 Å². The van der Waals surface area contributed by atoms with Crippen LogP contribution in [0, 0.1) is 29.6 Å². The molecule has 8 atom stereocenters. The number of methoxy groups -OCH3 is 1. The van der Waals surface area contributed by atoms with Crippen LogP contribution in [0.5, 0.6) is 0 Å². The molecule has 3 aliphatic rings. The molecule has 0 amide bonds. The van der Waals surface area contributed by atoms with E-state index in [4.69, 9.17) is 18.9 Å². The Morgan fingerprint density at radius 1 is 1.12 bits per heavy atom. The van der Waals surface area contributed by atoms with Gasteiger partial charge in [-0.05, 0) is 49.4 Å². The van der Waals surface area contributed by atoms with E-state index < -0.39 is 6.10 Å². The van der Waals surface area contributed by atoms with Gasteiger partial charge in [0.25, 0.3) is 0 Å². The van der Waals surface area contributed by atoms with E-state index >= 15 is 0 Å². The van der Waals surface area contributed by atoms with Crippen LogP contribution >= 0.6 is 0 Å². The molecule has 0 aromatic rings. The Kier molecular flexibility index (Phi) is 6.23. The quantitative estimate of drug-likeness (QED) is 0.485. The Morgan fingerprint density at radius 3 is 2.42 bits per heavy atom. The number of ether oxygens (including phenoxy) is 4. The summed E-state index contributed by atoms with van der Waals surface area (Å²) in [4.78, 5) is 23.7. The summed E-state index contributed by atoms with van der Waals surface area (Å²) in [5, 5.41) is 0. The van der Waals surface area contributed by atoms with Gasteiger partial charge in [-0.25, -0.2) is 0 Å². The smallest absolute Gasteiger partial charge is 0.311 e. The first kappa shape index (κ1) is 19.6. The average Bonchev–Trinajstić information content (AvgIpc) is 3.28. The third-order valence-corrected chi connectivity index (χ3v) is 6.70. The molecule has 3 fully saturated rings. The van der Waals surface area contributed by atoms with Crippen molar-refractivity contribution in [3.05, 3.63) is 0 Å². The third-order valence-electron chi connectivity index (χ3n) is 6.70. The summed E-state index contributed by atoms with van der Waals surface area (Å²) in [6.07, 6.45) is 4.60. The van der Waals surface area contributed by atoms with E-state index in [-0.39, 0.29) is 31.1 Å². The largest absolute Gasteiger partial charge is 0.462 e. The maximum Gasteiger partial charge on any atom is 0.311 e. The Hall–Kier alpha value is -1.14. The van der Waals surface area contributed by atoms with Crippen LogP contribution in [0.1, 0.15) is 52.9 Å². The maximum atomic E-state index is 12.1. The van der Waals surface area contributed by atoms with Crippen LogP contribution in [0.2, 0.25) is 0 Å². The summed E-state index contributed by atoms with van der Waals surface area (Å²) < 4.78 is 21.7.